The summed E-state index contributed by atoms with van der Waals surface area (Å²) in [7, 11) is 0. The van der Waals surface area contributed by atoms with Gasteiger partial charge < -0.3 is 15.7 Å². The summed E-state index contributed by atoms with van der Waals surface area (Å²) in [6.07, 6.45) is 0.662. The minimum Gasteiger partial charge on any atom is -0.490 e. The number of ether oxygens (including phenoxy) is 1. The first-order valence-corrected chi connectivity index (χ1v) is 7.69. The molecule has 112 valence electrons. The number of nitrogens with zero attached hydrogens (tertiary/aromatic N) is 2. The lowest BCUT2D eigenvalue weighted by Crippen LogP contribution is -2.14. The van der Waals surface area contributed by atoms with Gasteiger partial charge in [0.2, 0.25) is 0 Å². The van der Waals surface area contributed by atoms with Gasteiger partial charge in [-0.25, -0.2) is 9.37 Å². The minimum atomic E-state index is -0.583. The van der Waals surface area contributed by atoms with E-state index in [1.54, 1.807) is 16.8 Å². The second kappa shape index (κ2) is 6.86. The van der Waals surface area contributed by atoms with Gasteiger partial charge in [-0.3, -0.25) is 0 Å². The summed E-state index contributed by atoms with van der Waals surface area (Å²) < 4.78 is 19.7. The molecule has 0 aliphatic rings. The summed E-state index contributed by atoms with van der Waals surface area (Å²) in [5.41, 5.74) is 8.45. The summed E-state index contributed by atoms with van der Waals surface area (Å²) in [5, 5.41) is 11.5. The second-order valence-corrected chi connectivity index (χ2v) is 5.92. The van der Waals surface area contributed by atoms with Gasteiger partial charge in [-0.15, -0.1) is 11.3 Å². The molecule has 8 heteroatoms. The summed E-state index contributed by atoms with van der Waals surface area (Å²) in [4.78, 5) is 5.26. The highest BCUT2D eigenvalue weighted by atomic mass is 79.9. The maximum atomic E-state index is 14.1. The van der Waals surface area contributed by atoms with Crippen molar-refractivity contribution in [2.45, 2.75) is 13.3 Å². The van der Waals surface area contributed by atoms with E-state index in [9.17, 15) is 4.39 Å². The number of nitrogens with two attached hydrogens (primary N) is 1. The molecule has 1 aromatic heterocycles. The van der Waals surface area contributed by atoms with Crippen LogP contribution in [0, 0.1) is 12.7 Å². The van der Waals surface area contributed by atoms with E-state index >= 15 is 0 Å². The first kappa shape index (κ1) is 15.7. The zero-order valence-corrected chi connectivity index (χ0v) is 13.5. The quantitative estimate of drug-likeness (QED) is 0.365. The molecule has 0 bridgehead atoms. The van der Waals surface area contributed by atoms with Crippen LogP contribution in [0.2, 0.25) is 0 Å². The molecule has 1 heterocycles. The van der Waals surface area contributed by atoms with Gasteiger partial charge in [-0.1, -0.05) is 5.16 Å². The van der Waals surface area contributed by atoms with Crippen LogP contribution in [-0.4, -0.2) is 22.6 Å². The van der Waals surface area contributed by atoms with Crippen LogP contribution in [0.5, 0.6) is 5.75 Å². The van der Waals surface area contributed by atoms with Crippen molar-refractivity contribution < 1.29 is 14.3 Å². The van der Waals surface area contributed by atoms with Gasteiger partial charge in [0.1, 0.15) is 0 Å². The molecule has 0 unspecified atom stereocenters. The number of aromatic nitrogens is 1. The van der Waals surface area contributed by atoms with Gasteiger partial charge >= 0.3 is 0 Å². The van der Waals surface area contributed by atoms with Crippen LogP contribution in [0.15, 0.2) is 27.3 Å². The standard InChI is InChI=1S/C13H13BrFN3O2S/c1-7-10(21-6-17-7)4-5-20-9-3-2-8(13(16)18-19)11(14)12(9)15/h2-3,6,19H,4-5H2,1H3,(H2,16,18). The Morgan fingerprint density at radius 1 is 1.57 bits per heavy atom. The smallest absolute Gasteiger partial charge is 0.179 e. The van der Waals surface area contributed by atoms with Crippen LogP contribution in [0.3, 0.4) is 0 Å². The summed E-state index contributed by atoms with van der Waals surface area (Å²) in [6, 6.07) is 2.97. The number of oxime groups is 1. The molecule has 0 aliphatic carbocycles. The molecule has 5 nitrogen and oxygen atoms in total. The fraction of sp³-hybridized carbons (Fsp3) is 0.231. The highest BCUT2D eigenvalue weighted by Crippen LogP contribution is 2.28. The lowest BCUT2D eigenvalue weighted by Gasteiger charge is -2.10. The predicted octanol–water partition coefficient (Wildman–Crippen LogP) is 3.07. The molecule has 2 rings (SSSR count). The average molecular weight is 374 g/mol. The molecule has 1 aromatic carbocycles. The topological polar surface area (TPSA) is 80.7 Å². The van der Waals surface area contributed by atoms with Gasteiger partial charge in [0.15, 0.2) is 17.4 Å². The highest BCUT2D eigenvalue weighted by Gasteiger charge is 2.15. The Morgan fingerprint density at radius 2 is 2.33 bits per heavy atom. The van der Waals surface area contributed by atoms with Crippen molar-refractivity contribution in [3.63, 3.8) is 0 Å². The zero-order valence-electron chi connectivity index (χ0n) is 11.1. The van der Waals surface area contributed by atoms with Crippen molar-refractivity contribution in [2.75, 3.05) is 6.61 Å². The monoisotopic (exact) mass is 373 g/mol. The molecule has 0 amide bonds. The Balaban J connectivity index is 2.08. The van der Waals surface area contributed by atoms with Gasteiger partial charge in [-0.05, 0) is 35.0 Å². The van der Waals surface area contributed by atoms with E-state index in [4.69, 9.17) is 15.7 Å². The Bertz CT molecular complexity index is 675. The maximum absolute atomic E-state index is 14.1. The van der Waals surface area contributed by atoms with E-state index in [1.807, 2.05) is 6.92 Å². The number of halogens is 2. The van der Waals surface area contributed by atoms with E-state index in [1.165, 1.54) is 12.1 Å². The average Bonchev–Trinajstić information content (AvgIpc) is 2.88. The Kier molecular flexibility index (Phi) is 5.13. The van der Waals surface area contributed by atoms with E-state index in [0.29, 0.717) is 13.0 Å². The van der Waals surface area contributed by atoms with Crippen molar-refractivity contribution in [3.8, 4) is 5.75 Å². The SMILES string of the molecule is Cc1ncsc1CCOc1ccc(/C(N)=N/O)c(Br)c1F. The van der Waals surface area contributed by atoms with Crippen LogP contribution < -0.4 is 10.5 Å². The van der Waals surface area contributed by atoms with Crippen molar-refractivity contribution in [1.82, 2.24) is 4.98 Å². The first-order chi connectivity index (χ1) is 10.0. The molecule has 0 saturated carbocycles. The van der Waals surface area contributed by atoms with Crippen LogP contribution >= 0.6 is 27.3 Å². The third kappa shape index (κ3) is 3.51. The number of benzene rings is 1. The summed E-state index contributed by atoms with van der Waals surface area (Å²) in [5.74, 6) is -0.647. The molecule has 0 fully saturated rings. The number of aryl methyl sites for hydroxylation is 1. The Labute approximate surface area is 133 Å². The largest absolute Gasteiger partial charge is 0.490 e. The van der Waals surface area contributed by atoms with Crippen LogP contribution in [0.25, 0.3) is 0 Å². The lowest BCUT2D eigenvalue weighted by molar-refractivity contribution is 0.305. The molecule has 21 heavy (non-hydrogen) atoms. The Morgan fingerprint density at radius 3 is 2.95 bits per heavy atom. The molecular weight excluding hydrogens is 361 g/mol. The maximum Gasteiger partial charge on any atom is 0.179 e. The normalized spacial score (nSPS) is 11.7. The lowest BCUT2D eigenvalue weighted by atomic mass is 10.2. The fourth-order valence-corrected chi connectivity index (χ4v) is 3.01. The van der Waals surface area contributed by atoms with Gasteiger partial charge in [0, 0.05) is 16.9 Å². The van der Waals surface area contributed by atoms with Crippen molar-refractivity contribution in [3.05, 3.63) is 44.1 Å². The molecule has 3 N–H and O–H groups in total. The van der Waals surface area contributed by atoms with E-state index in [2.05, 4.69) is 26.1 Å². The van der Waals surface area contributed by atoms with Crippen LogP contribution in [0.1, 0.15) is 16.1 Å². The number of thiazole rings is 1. The molecule has 0 aliphatic heterocycles. The predicted molar refractivity (Wildman–Crippen MR) is 82.7 cm³/mol. The molecule has 0 spiro atoms. The molecule has 0 atom stereocenters. The number of hydrogen-bond donors (Lipinski definition) is 2. The van der Waals surface area contributed by atoms with Gasteiger partial charge in [0.05, 0.1) is 22.3 Å². The van der Waals surface area contributed by atoms with Crippen LogP contribution in [0.4, 0.5) is 4.39 Å². The first-order valence-electron chi connectivity index (χ1n) is 6.02. The van der Waals surface area contributed by atoms with Crippen molar-refractivity contribution in [1.29, 1.82) is 0 Å². The molecule has 2 aromatic rings. The summed E-state index contributed by atoms with van der Waals surface area (Å²) in [6.45, 7) is 2.27. The summed E-state index contributed by atoms with van der Waals surface area (Å²) >= 11 is 4.63. The molecule has 0 saturated heterocycles. The zero-order chi connectivity index (χ0) is 15.4. The third-order valence-electron chi connectivity index (χ3n) is 2.86. The number of hydrogen-bond acceptors (Lipinski definition) is 5. The minimum absolute atomic E-state index is 0.101. The number of amidine groups is 1. The van der Waals surface area contributed by atoms with E-state index in [0.717, 1.165) is 10.6 Å². The fourth-order valence-electron chi connectivity index (χ4n) is 1.71. The third-order valence-corrected chi connectivity index (χ3v) is 4.63. The molecular formula is C13H13BrFN3O2S. The molecule has 0 radical (unpaired) electrons. The van der Waals surface area contributed by atoms with Crippen molar-refractivity contribution >= 4 is 33.1 Å². The number of rotatable bonds is 5. The van der Waals surface area contributed by atoms with Gasteiger partial charge in [0.25, 0.3) is 0 Å². The van der Waals surface area contributed by atoms with Gasteiger partial charge in [-0.2, -0.15) is 0 Å². The van der Waals surface area contributed by atoms with Crippen molar-refractivity contribution in [2.24, 2.45) is 10.9 Å². The highest BCUT2D eigenvalue weighted by molar-refractivity contribution is 9.10. The van der Waals surface area contributed by atoms with Crippen LogP contribution in [-0.2, 0) is 6.42 Å². The van der Waals surface area contributed by atoms with E-state index < -0.39 is 5.82 Å². The van der Waals surface area contributed by atoms with E-state index in [-0.39, 0.29) is 21.6 Å². The second-order valence-electron chi connectivity index (χ2n) is 4.18. The Hall–Kier alpha value is -1.67.